The van der Waals surface area contributed by atoms with Crippen LogP contribution < -0.4 is 4.74 Å². The number of rotatable bonds is 4. The van der Waals surface area contributed by atoms with Crippen LogP contribution >= 0.6 is 0 Å². The summed E-state index contributed by atoms with van der Waals surface area (Å²) in [6, 6.07) is 7.24. The Labute approximate surface area is 150 Å². The van der Waals surface area contributed by atoms with Crippen molar-refractivity contribution in [2.24, 2.45) is 4.99 Å². The highest BCUT2D eigenvalue weighted by atomic mass is 16.6. The molecule has 1 aromatic carbocycles. The average molecular weight is 353 g/mol. The van der Waals surface area contributed by atoms with Crippen LogP contribution in [0.1, 0.15) is 41.2 Å². The third-order valence-corrected chi connectivity index (χ3v) is 3.96. The molecule has 0 spiro atoms. The number of hydrogen-bond acceptors (Lipinski definition) is 6. The van der Waals surface area contributed by atoms with Crippen molar-refractivity contribution in [3.63, 3.8) is 0 Å². The van der Waals surface area contributed by atoms with Crippen molar-refractivity contribution in [3.8, 4) is 5.75 Å². The Balaban J connectivity index is 2.02. The van der Waals surface area contributed by atoms with Gasteiger partial charge in [-0.15, -0.1) is 0 Å². The first kappa shape index (κ1) is 17.6. The monoisotopic (exact) mass is 353 g/mol. The van der Waals surface area contributed by atoms with Gasteiger partial charge in [-0.2, -0.15) is 5.10 Å². The van der Waals surface area contributed by atoms with E-state index in [0.29, 0.717) is 34.9 Å². The number of aliphatic imine (C=N–C) groups is 1. The highest BCUT2D eigenvalue weighted by Crippen LogP contribution is 2.26. The van der Waals surface area contributed by atoms with Gasteiger partial charge in [0.1, 0.15) is 5.75 Å². The molecule has 26 heavy (non-hydrogen) atoms. The van der Waals surface area contributed by atoms with E-state index in [2.05, 4.69) is 10.1 Å². The minimum absolute atomic E-state index is 0.153. The van der Waals surface area contributed by atoms with Crippen LogP contribution in [-0.2, 0) is 9.53 Å². The van der Waals surface area contributed by atoms with Crippen LogP contribution in [0.25, 0.3) is 6.08 Å². The summed E-state index contributed by atoms with van der Waals surface area (Å²) in [6.45, 7) is 7.34. The van der Waals surface area contributed by atoms with E-state index in [-0.39, 0.29) is 17.5 Å². The summed E-state index contributed by atoms with van der Waals surface area (Å²) in [4.78, 5) is 28.2. The van der Waals surface area contributed by atoms with Gasteiger partial charge in [0.05, 0.1) is 23.6 Å². The lowest BCUT2D eigenvalue weighted by Crippen LogP contribution is -2.09. The first-order chi connectivity index (χ1) is 12.4. The van der Waals surface area contributed by atoms with Crippen LogP contribution in [0.5, 0.6) is 5.75 Å². The molecular weight excluding hydrogens is 334 g/mol. The number of hydrogen-bond donors (Lipinski definition) is 0. The van der Waals surface area contributed by atoms with Crippen molar-refractivity contribution in [1.29, 1.82) is 0 Å². The van der Waals surface area contributed by atoms with E-state index in [1.54, 1.807) is 32.1 Å². The van der Waals surface area contributed by atoms with Crippen LogP contribution in [0.2, 0.25) is 0 Å². The van der Waals surface area contributed by atoms with Gasteiger partial charge >= 0.3 is 5.97 Å². The molecule has 0 atom stereocenters. The first-order valence-corrected chi connectivity index (χ1v) is 8.24. The number of carbonyl (C=O) groups excluding carboxylic acids is 2. The Morgan fingerprint density at radius 3 is 2.69 bits per heavy atom. The van der Waals surface area contributed by atoms with Gasteiger partial charge in [0.25, 0.3) is 0 Å². The Hall–Kier alpha value is -3.22. The first-order valence-electron chi connectivity index (χ1n) is 8.24. The summed E-state index contributed by atoms with van der Waals surface area (Å²) < 4.78 is 12.2. The van der Waals surface area contributed by atoms with E-state index >= 15 is 0 Å². The fraction of sp³-hybridized carbons (Fsp3) is 0.263. The van der Waals surface area contributed by atoms with Gasteiger partial charge in [-0.1, -0.05) is 12.1 Å². The Morgan fingerprint density at radius 1 is 1.31 bits per heavy atom. The van der Waals surface area contributed by atoms with E-state index in [4.69, 9.17) is 9.47 Å². The second-order valence-electron chi connectivity index (χ2n) is 5.78. The number of benzene rings is 1. The van der Waals surface area contributed by atoms with Gasteiger partial charge in [-0.05, 0) is 39.0 Å². The molecule has 3 rings (SSSR count). The highest BCUT2D eigenvalue weighted by Gasteiger charge is 2.27. The normalized spacial score (nSPS) is 15.2. The molecule has 0 fully saturated rings. The van der Waals surface area contributed by atoms with Crippen LogP contribution in [0.15, 0.2) is 35.0 Å². The van der Waals surface area contributed by atoms with Gasteiger partial charge in [0.15, 0.2) is 5.70 Å². The molecule has 0 radical (unpaired) electrons. The van der Waals surface area contributed by atoms with Gasteiger partial charge in [0.2, 0.25) is 11.8 Å². The van der Waals surface area contributed by atoms with Crippen LogP contribution in [0.4, 0.5) is 0 Å². The lowest BCUT2D eigenvalue weighted by Gasteiger charge is -2.08. The summed E-state index contributed by atoms with van der Waals surface area (Å²) in [5.74, 6) is 0.0406. The quantitative estimate of drug-likeness (QED) is 0.623. The van der Waals surface area contributed by atoms with Gasteiger partial charge < -0.3 is 9.47 Å². The van der Waals surface area contributed by atoms with Crippen molar-refractivity contribution in [2.75, 3.05) is 6.61 Å². The fourth-order valence-electron chi connectivity index (χ4n) is 2.76. The molecule has 1 aliphatic rings. The Morgan fingerprint density at radius 2 is 2.04 bits per heavy atom. The number of esters is 1. The second-order valence-corrected chi connectivity index (χ2v) is 5.78. The zero-order valence-corrected chi connectivity index (χ0v) is 15.1. The van der Waals surface area contributed by atoms with E-state index in [1.165, 1.54) is 11.6 Å². The lowest BCUT2D eigenvalue weighted by atomic mass is 10.1. The molecule has 0 N–H and O–H groups in total. The molecule has 2 aromatic rings. The number of carbonyl (C=O) groups is 2. The van der Waals surface area contributed by atoms with Crippen molar-refractivity contribution < 1.29 is 19.1 Å². The highest BCUT2D eigenvalue weighted by molar-refractivity contribution is 6.13. The molecule has 0 saturated carbocycles. The molecule has 2 heterocycles. The maximum Gasteiger partial charge on any atom is 0.363 e. The van der Waals surface area contributed by atoms with E-state index in [1.807, 2.05) is 19.1 Å². The van der Waals surface area contributed by atoms with Crippen molar-refractivity contribution in [2.45, 2.75) is 27.7 Å². The summed E-state index contributed by atoms with van der Waals surface area (Å²) in [5.41, 5.74) is 2.72. The van der Waals surface area contributed by atoms with E-state index in [9.17, 15) is 9.59 Å². The number of nitrogens with zero attached hydrogens (tertiary/aromatic N) is 3. The van der Waals surface area contributed by atoms with Crippen LogP contribution in [0, 0.1) is 13.8 Å². The molecule has 0 bridgehead atoms. The van der Waals surface area contributed by atoms with Gasteiger partial charge in [-0.25, -0.2) is 14.5 Å². The van der Waals surface area contributed by atoms with Crippen molar-refractivity contribution in [3.05, 3.63) is 52.5 Å². The maximum absolute atomic E-state index is 12.3. The minimum Gasteiger partial charge on any atom is -0.493 e. The van der Waals surface area contributed by atoms with Crippen LogP contribution in [0.3, 0.4) is 0 Å². The summed E-state index contributed by atoms with van der Waals surface area (Å²) in [5, 5.41) is 4.19. The SMILES string of the molecule is CCOc1ccccc1C1=NC(=Cc2c(C)nn(C(C)=O)c2C)C(=O)O1. The standard InChI is InChI=1S/C19H19N3O4/c1-5-25-17-9-7-6-8-14(17)18-20-16(19(24)26-18)10-15-11(2)21-22(12(15)3)13(4)23/h6-10H,5H2,1-4H3. The molecule has 0 unspecified atom stereocenters. The number of ether oxygens (including phenoxy) is 2. The van der Waals surface area contributed by atoms with Crippen LogP contribution in [-0.4, -0.2) is 34.2 Å². The third-order valence-electron chi connectivity index (χ3n) is 3.96. The lowest BCUT2D eigenvalue weighted by molar-refractivity contribution is -0.129. The molecule has 1 aromatic heterocycles. The molecule has 0 saturated heterocycles. The second kappa shape index (κ2) is 6.95. The molecule has 7 heteroatoms. The Kier molecular flexibility index (Phi) is 4.71. The number of aromatic nitrogens is 2. The predicted octanol–water partition coefficient (Wildman–Crippen LogP) is 2.90. The molecule has 0 amide bonds. The smallest absolute Gasteiger partial charge is 0.363 e. The van der Waals surface area contributed by atoms with Crippen molar-refractivity contribution >= 4 is 23.9 Å². The zero-order valence-electron chi connectivity index (χ0n) is 15.1. The van der Waals surface area contributed by atoms with E-state index < -0.39 is 5.97 Å². The largest absolute Gasteiger partial charge is 0.493 e. The van der Waals surface area contributed by atoms with E-state index in [0.717, 1.165) is 0 Å². The topological polar surface area (TPSA) is 82.8 Å². The molecule has 7 nitrogen and oxygen atoms in total. The summed E-state index contributed by atoms with van der Waals surface area (Å²) in [7, 11) is 0. The summed E-state index contributed by atoms with van der Waals surface area (Å²) in [6.07, 6.45) is 1.59. The minimum atomic E-state index is -0.555. The maximum atomic E-state index is 12.3. The molecule has 134 valence electrons. The molecular formula is C19H19N3O4. The average Bonchev–Trinajstić information content (AvgIpc) is 3.10. The van der Waals surface area contributed by atoms with Gasteiger partial charge in [-0.3, -0.25) is 4.79 Å². The predicted molar refractivity (Wildman–Crippen MR) is 96.2 cm³/mol. The Bertz CT molecular complexity index is 954. The molecule has 1 aliphatic heterocycles. The third kappa shape index (κ3) is 3.15. The number of aryl methyl sites for hydroxylation is 1. The summed E-state index contributed by atoms with van der Waals surface area (Å²) >= 11 is 0. The number of para-hydroxylation sites is 1. The van der Waals surface area contributed by atoms with Crippen molar-refractivity contribution in [1.82, 2.24) is 9.78 Å². The number of cyclic esters (lactones) is 1. The zero-order chi connectivity index (χ0) is 18.8. The molecule has 0 aliphatic carbocycles. The fourth-order valence-corrected chi connectivity index (χ4v) is 2.76. The van der Waals surface area contributed by atoms with Gasteiger partial charge in [0, 0.05) is 12.5 Å².